The van der Waals surface area contributed by atoms with Crippen molar-refractivity contribution in [2.75, 3.05) is 5.73 Å². The predicted octanol–water partition coefficient (Wildman–Crippen LogP) is 2.68. The molecule has 0 bridgehead atoms. The molecule has 0 atom stereocenters. The van der Waals surface area contributed by atoms with Crippen molar-refractivity contribution in [1.29, 1.82) is 0 Å². The van der Waals surface area contributed by atoms with E-state index in [0.717, 1.165) is 15.8 Å². The third kappa shape index (κ3) is 3.39. The molecule has 0 fully saturated rings. The van der Waals surface area contributed by atoms with Gasteiger partial charge in [0.25, 0.3) is 11.8 Å². The zero-order chi connectivity index (χ0) is 21.5. The molecule has 0 radical (unpaired) electrons. The summed E-state index contributed by atoms with van der Waals surface area (Å²) < 4.78 is 2.41. The normalized spacial score (nSPS) is 11.2. The minimum atomic E-state index is -0.616. The Kier molecular flexibility index (Phi) is 4.60. The Morgan fingerprint density at radius 2 is 2.10 bits per heavy atom. The lowest BCUT2D eigenvalue weighted by Crippen LogP contribution is -2.23. The number of rotatable bonds is 5. The van der Waals surface area contributed by atoms with Crippen molar-refractivity contribution < 1.29 is 9.59 Å². The second-order valence-electron chi connectivity index (χ2n) is 6.70. The maximum absolute atomic E-state index is 12.9. The van der Waals surface area contributed by atoms with Crippen molar-refractivity contribution in [3.63, 3.8) is 0 Å². The first-order chi connectivity index (χ1) is 15.0. The number of hydrogen-bond acceptors (Lipinski definition) is 8. The third-order valence-electron chi connectivity index (χ3n) is 4.70. The number of pyridine rings is 2. The second-order valence-corrected chi connectivity index (χ2v) is 8.54. The molecule has 5 rings (SSSR count). The first-order valence-corrected chi connectivity index (χ1v) is 10.9. The fourth-order valence-electron chi connectivity index (χ4n) is 3.33. The summed E-state index contributed by atoms with van der Waals surface area (Å²) in [5.74, 6) is -0.943. The van der Waals surface area contributed by atoms with E-state index in [-0.39, 0.29) is 18.1 Å². The SMILES string of the molecule is NC(=O)c1c(-c2ccsc2)nc2c(C(=O)NCc3cnc4nc(N)sc4c3)cccn12. The van der Waals surface area contributed by atoms with Gasteiger partial charge in [0.1, 0.15) is 11.4 Å². The molecule has 5 N–H and O–H groups in total. The Bertz CT molecular complexity index is 1450. The molecule has 154 valence electrons. The van der Waals surface area contributed by atoms with E-state index in [1.54, 1.807) is 28.9 Å². The average molecular weight is 450 g/mol. The number of anilines is 1. The van der Waals surface area contributed by atoms with E-state index in [1.165, 1.54) is 22.7 Å². The highest BCUT2D eigenvalue weighted by atomic mass is 32.1. The number of carbonyl (C=O) groups is 2. The van der Waals surface area contributed by atoms with E-state index in [0.29, 0.717) is 27.7 Å². The minimum absolute atomic E-state index is 0.237. The number of carbonyl (C=O) groups excluding carboxylic acids is 2. The van der Waals surface area contributed by atoms with Crippen LogP contribution in [0, 0.1) is 0 Å². The first-order valence-electron chi connectivity index (χ1n) is 9.14. The monoisotopic (exact) mass is 449 g/mol. The molecule has 0 saturated carbocycles. The summed E-state index contributed by atoms with van der Waals surface area (Å²) in [7, 11) is 0. The Labute approximate surface area is 183 Å². The number of nitrogens with zero attached hydrogens (tertiary/aromatic N) is 4. The largest absolute Gasteiger partial charge is 0.375 e. The van der Waals surface area contributed by atoms with Crippen LogP contribution in [0.1, 0.15) is 26.4 Å². The molecule has 5 aromatic rings. The Morgan fingerprint density at radius 1 is 1.23 bits per heavy atom. The molecular weight excluding hydrogens is 434 g/mol. The van der Waals surface area contributed by atoms with E-state index in [9.17, 15) is 9.59 Å². The van der Waals surface area contributed by atoms with Crippen molar-refractivity contribution in [2.45, 2.75) is 6.54 Å². The second kappa shape index (κ2) is 7.45. The number of primary amides is 1. The molecule has 31 heavy (non-hydrogen) atoms. The highest BCUT2D eigenvalue weighted by molar-refractivity contribution is 7.22. The third-order valence-corrected chi connectivity index (χ3v) is 6.20. The summed E-state index contributed by atoms with van der Waals surface area (Å²) in [6, 6.07) is 7.09. The number of imidazole rings is 1. The van der Waals surface area contributed by atoms with Crippen LogP contribution in [0.4, 0.5) is 5.13 Å². The van der Waals surface area contributed by atoms with Gasteiger partial charge in [0.2, 0.25) is 0 Å². The van der Waals surface area contributed by atoms with Gasteiger partial charge in [-0.05, 0) is 35.2 Å². The number of hydrogen-bond donors (Lipinski definition) is 3. The number of fused-ring (bicyclic) bond motifs is 2. The van der Waals surface area contributed by atoms with E-state index < -0.39 is 5.91 Å². The summed E-state index contributed by atoms with van der Waals surface area (Å²) in [5, 5.41) is 7.09. The van der Waals surface area contributed by atoms with Gasteiger partial charge < -0.3 is 16.8 Å². The van der Waals surface area contributed by atoms with Gasteiger partial charge in [-0.1, -0.05) is 11.3 Å². The summed E-state index contributed by atoms with van der Waals surface area (Å²) in [6.45, 7) is 0.265. The quantitative estimate of drug-likeness (QED) is 0.377. The Balaban J connectivity index is 1.48. The van der Waals surface area contributed by atoms with Gasteiger partial charge in [-0.3, -0.25) is 14.0 Å². The molecule has 0 saturated heterocycles. The number of amides is 2. The predicted molar refractivity (Wildman–Crippen MR) is 120 cm³/mol. The summed E-state index contributed by atoms with van der Waals surface area (Å²) >= 11 is 2.82. The van der Waals surface area contributed by atoms with Crippen LogP contribution in [-0.2, 0) is 6.54 Å². The van der Waals surface area contributed by atoms with Crippen LogP contribution in [0.5, 0.6) is 0 Å². The zero-order valence-electron chi connectivity index (χ0n) is 15.9. The van der Waals surface area contributed by atoms with Crippen LogP contribution in [-0.4, -0.2) is 31.2 Å². The van der Waals surface area contributed by atoms with Crippen LogP contribution in [0.3, 0.4) is 0 Å². The minimum Gasteiger partial charge on any atom is -0.375 e. The Hall–Kier alpha value is -3.83. The van der Waals surface area contributed by atoms with Gasteiger partial charge in [0, 0.05) is 29.9 Å². The van der Waals surface area contributed by atoms with Crippen molar-refractivity contribution in [1.82, 2.24) is 24.7 Å². The summed E-state index contributed by atoms with van der Waals surface area (Å²) in [4.78, 5) is 38.0. The fourth-order valence-corrected chi connectivity index (χ4v) is 4.73. The Morgan fingerprint density at radius 3 is 2.87 bits per heavy atom. The lowest BCUT2D eigenvalue weighted by Gasteiger charge is -2.07. The molecule has 0 unspecified atom stereocenters. The maximum atomic E-state index is 12.9. The topological polar surface area (TPSA) is 141 Å². The lowest BCUT2D eigenvalue weighted by atomic mass is 10.2. The van der Waals surface area contributed by atoms with Crippen molar-refractivity contribution >= 4 is 55.6 Å². The first kappa shape index (κ1) is 19.2. The smallest absolute Gasteiger partial charge is 0.268 e. The molecule has 9 nitrogen and oxygen atoms in total. The van der Waals surface area contributed by atoms with Crippen molar-refractivity contribution in [3.8, 4) is 11.3 Å². The fraction of sp³-hybridized carbons (Fsp3) is 0.0500. The molecule has 5 aromatic heterocycles. The van der Waals surface area contributed by atoms with Gasteiger partial charge in [0.05, 0.1) is 10.3 Å². The molecular formula is C20H15N7O2S2. The standard InChI is InChI=1S/C20H15N7O2S2/c21-16(28)15-14(11-3-5-30-9-11)25-18-12(2-1-4-27(15)18)19(29)24-8-10-6-13-17(23-7-10)26-20(22)31-13/h1-7,9H,8H2,(H2,21,28)(H,24,29)(H2,22,23,26). The molecule has 0 aliphatic rings. The zero-order valence-corrected chi connectivity index (χ0v) is 17.5. The van der Waals surface area contributed by atoms with Gasteiger partial charge in [-0.25, -0.2) is 15.0 Å². The van der Waals surface area contributed by atoms with Crippen LogP contribution in [0.25, 0.3) is 27.3 Å². The maximum Gasteiger partial charge on any atom is 0.268 e. The number of thiazole rings is 1. The lowest BCUT2D eigenvalue weighted by molar-refractivity contribution is 0.0949. The molecule has 0 aliphatic heterocycles. The number of nitrogens with one attached hydrogen (secondary N) is 1. The van der Waals surface area contributed by atoms with Crippen LogP contribution in [0.15, 0.2) is 47.4 Å². The summed E-state index contributed by atoms with van der Waals surface area (Å²) in [5.41, 5.74) is 14.9. The van der Waals surface area contributed by atoms with Gasteiger partial charge >= 0.3 is 0 Å². The number of nitrogen functional groups attached to an aromatic ring is 1. The van der Waals surface area contributed by atoms with Crippen LogP contribution >= 0.6 is 22.7 Å². The molecule has 0 spiro atoms. The van der Waals surface area contributed by atoms with E-state index >= 15 is 0 Å². The highest BCUT2D eigenvalue weighted by Crippen LogP contribution is 2.27. The summed E-state index contributed by atoms with van der Waals surface area (Å²) in [6.07, 6.45) is 3.32. The van der Waals surface area contributed by atoms with E-state index in [2.05, 4.69) is 20.3 Å². The van der Waals surface area contributed by atoms with Crippen molar-refractivity contribution in [2.24, 2.45) is 5.73 Å². The van der Waals surface area contributed by atoms with Crippen molar-refractivity contribution in [3.05, 3.63) is 64.2 Å². The van der Waals surface area contributed by atoms with Gasteiger partial charge in [-0.15, -0.1) is 0 Å². The van der Waals surface area contributed by atoms with E-state index in [4.69, 9.17) is 11.5 Å². The van der Waals surface area contributed by atoms with E-state index in [1.807, 2.05) is 22.9 Å². The molecule has 0 aliphatic carbocycles. The molecule has 11 heteroatoms. The van der Waals surface area contributed by atoms with Gasteiger partial charge in [-0.2, -0.15) is 11.3 Å². The van der Waals surface area contributed by atoms with Crippen LogP contribution in [0.2, 0.25) is 0 Å². The molecule has 5 heterocycles. The van der Waals surface area contributed by atoms with Gasteiger partial charge in [0.15, 0.2) is 16.4 Å². The number of thiophene rings is 1. The highest BCUT2D eigenvalue weighted by Gasteiger charge is 2.22. The molecule has 0 aromatic carbocycles. The molecule has 2 amide bonds. The number of nitrogens with two attached hydrogens (primary N) is 2. The van der Waals surface area contributed by atoms with Crippen LogP contribution < -0.4 is 16.8 Å². The average Bonchev–Trinajstić information content (AvgIpc) is 3.47. The number of aromatic nitrogens is 4.